The molecule has 0 radical (unpaired) electrons. The van der Waals surface area contributed by atoms with Crippen molar-refractivity contribution in [2.45, 2.75) is 38.3 Å². The number of nitrogens with two attached hydrogens (primary N) is 1. The fourth-order valence-corrected chi connectivity index (χ4v) is 7.04. The first-order chi connectivity index (χ1) is 17.1. The number of hydrogen-bond donors (Lipinski definition) is 1. The number of rotatable bonds is 2. The normalized spacial score (nSPS) is 20.9. The number of amides is 1. The molecular weight excluding hydrogens is 458 g/mol. The quantitative estimate of drug-likeness (QED) is 0.469. The van der Waals surface area contributed by atoms with Gasteiger partial charge in [-0.25, -0.2) is 15.0 Å². The first-order valence-corrected chi connectivity index (χ1v) is 13.1. The molecule has 1 saturated heterocycles. The minimum Gasteiger partial charge on any atom is -0.342 e. The van der Waals surface area contributed by atoms with E-state index in [1.54, 1.807) is 23.7 Å². The Morgan fingerprint density at radius 1 is 1.11 bits per heavy atom. The second-order valence-electron chi connectivity index (χ2n) is 9.99. The number of piperidine rings is 1. The van der Waals surface area contributed by atoms with E-state index < -0.39 is 0 Å². The number of imidazole rings is 1. The lowest BCUT2D eigenvalue weighted by Crippen LogP contribution is -2.45. The van der Waals surface area contributed by atoms with Crippen LogP contribution in [0, 0.1) is 5.41 Å². The fraction of sp³-hybridized carbons (Fsp3) is 0.385. The lowest BCUT2D eigenvalue weighted by molar-refractivity contribution is 0.0737. The zero-order valence-electron chi connectivity index (χ0n) is 19.4. The van der Waals surface area contributed by atoms with E-state index in [2.05, 4.69) is 39.1 Å². The molecule has 0 bridgehead atoms. The molecular formula is C26H27N7OS. The van der Waals surface area contributed by atoms with E-state index in [-0.39, 0.29) is 17.4 Å². The number of hydrogen-bond acceptors (Lipinski definition) is 7. The van der Waals surface area contributed by atoms with E-state index in [1.807, 2.05) is 21.0 Å². The standard InChI is InChI=1S/C26H27N7OS/c27-22-18-4-2-1-3-17(18)13-26(22)6-10-31(11-7-26)25-29-14-19(23-28-8-12-33(23)25)24(34)32-9-5-20-21(15-32)35-16-30-20/h1-4,8,12,14,16,22H,5-7,9-11,13,15,27H2. The molecule has 1 fully saturated rings. The number of fused-ring (bicyclic) bond motifs is 3. The summed E-state index contributed by atoms with van der Waals surface area (Å²) in [5, 5.41) is 0. The highest BCUT2D eigenvalue weighted by Crippen LogP contribution is 2.50. The summed E-state index contributed by atoms with van der Waals surface area (Å²) in [6.07, 6.45) is 9.26. The average molecular weight is 486 g/mol. The van der Waals surface area contributed by atoms with Gasteiger partial charge in [-0.15, -0.1) is 11.3 Å². The van der Waals surface area contributed by atoms with Gasteiger partial charge in [0.2, 0.25) is 5.95 Å². The van der Waals surface area contributed by atoms with Crippen molar-refractivity contribution >= 4 is 28.8 Å². The van der Waals surface area contributed by atoms with Crippen LogP contribution in [-0.2, 0) is 19.4 Å². The average Bonchev–Trinajstić information content (AvgIpc) is 3.62. The number of anilines is 1. The fourth-order valence-electron chi connectivity index (χ4n) is 6.21. The molecule has 35 heavy (non-hydrogen) atoms. The number of benzene rings is 1. The van der Waals surface area contributed by atoms with Gasteiger partial charge in [0, 0.05) is 55.6 Å². The Bertz CT molecular complexity index is 1430. The molecule has 0 saturated carbocycles. The summed E-state index contributed by atoms with van der Waals surface area (Å²) in [6, 6.07) is 8.70. The Balaban J connectivity index is 1.13. The van der Waals surface area contributed by atoms with Crippen molar-refractivity contribution in [1.82, 2.24) is 24.3 Å². The summed E-state index contributed by atoms with van der Waals surface area (Å²) in [4.78, 5) is 32.6. The van der Waals surface area contributed by atoms with Crippen LogP contribution in [0.1, 0.15) is 50.9 Å². The first kappa shape index (κ1) is 21.0. The zero-order chi connectivity index (χ0) is 23.6. The minimum atomic E-state index is -0.0217. The first-order valence-electron chi connectivity index (χ1n) is 12.2. The molecule has 3 aliphatic rings. The van der Waals surface area contributed by atoms with Crippen LogP contribution in [0.5, 0.6) is 0 Å². The van der Waals surface area contributed by atoms with Crippen molar-refractivity contribution in [3.63, 3.8) is 0 Å². The minimum absolute atomic E-state index is 0.0217. The molecule has 2 aliphatic heterocycles. The summed E-state index contributed by atoms with van der Waals surface area (Å²) in [6.45, 7) is 3.04. The second kappa shape index (κ2) is 7.86. The van der Waals surface area contributed by atoms with Crippen LogP contribution in [0.4, 0.5) is 5.95 Å². The SMILES string of the molecule is NC1c2ccccc2CC12CCN(c1ncc(C(=O)N3CCc4ncsc4C3)c3nccn13)CC2. The molecule has 1 unspecified atom stereocenters. The lowest BCUT2D eigenvalue weighted by Gasteiger charge is -2.42. The Hall–Kier alpha value is -3.30. The van der Waals surface area contributed by atoms with Gasteiger partial charge >= 0.3 is 0 Å². The van der Waals surface area contributed by atoms with Gasteiger partial charge in [-0.3, -0.25) is 9.20 Å². The number of thiazole rings is 1. The molecule has 9 heteroatoms. The van der Waals surface area contributed by atoms with Crippen molar-refractivity contribution in [1.29, 1.82) is 0 Å². The highest BCUT2D eigenvalue weighted by Gasteiger charge is 2.46. The maximum absolute atomic E-state index is 13.4. The predicted molar refractivity (Wildman–Crippen MR) is 134 cm³/mol. The van der Waals surface area contributed by atoms with Gasteiger partial charge < -0.3 is 15.5 Å². The van der Waals surface area contributed by atoms with Crippen molar-refractivity contribution in [3.8, 4) is 0 Å². The molecule has 1 atom stereocenters. The van der Waals surface area contributed by atoms with E-state index in [0.717, 1.165) is 50.4 Å². The van der Waals surface area contributed by atoms with Crippen molar-refractivity contribution in [2.75, 3.05) is 24.5 Å². The van der Waals surface area contributed by atoms with Crippen LogP contribution < -0.4 is 10.6 Å². The number of carbonyl (C=O) groups excluding carboxylic acids is 1. The van der Waals surface area contributed by atoms with E-state index in [4.69, 9.17) is 10.7 Å². The predicted octanol–water partition coefficient (Wildman–Crippen LogP) is 3.23. The Morgan fingerprint density at radius 2 is 1.97 bits per heavy atom. The molecule has 2 N–H and O–H groups in total. The lowest BCUT2D eigenvalue weighted by atomic mass is 9.73. The van der Waals surface area contributed by atoms with Crippen LogP contribution in [0.15, 0.2) is 48.4 Å². The number of nitrogens with zero attached hydrogens (tertiary/aromatic N) is 6. The smallest absolute Gasteiger partial charge is 0.259 e. The van der Waals surface area contributed by atoms with Crippen LogP contribution in [0.3, 0.4) is 0 Å². The maximum Gasteiger partial charge on any atom is 0.259 e. The number of aromatic nitrogens is 4. The summed E-state index contributed by atoms with van der Waals surface area (Å²) in [5.74, 6) is 0.822. The molecule has 4 aromatic rings. The Labute approximate surface area is 207 Å². The van der Waals surface area contributed by atoms with Gasteiger partial charge in [0.05, 0.1) is 17.7 Å². The molecule has 8 nitrogen and oxygen atoms in total. The van der Waals surface area contributed by atoms with E-state index in [9.17, 15) is 4.79 Å². The summed E-state index contributed by atoms with van der Waals surface area (Å²) >= 11 is 1.62. The third-order valence-corrected chi connectivity index (χ3v) is 9.10. The highest BCUT2D eigenvalue weighted by molar-refractivity contribution is 7.09. The monoisotopic (exact) mass is 485 g/mol. The third-order valence-electron chi connectivity index (χ3n) is 8.24. The Morgan fingerprint density at radius 3 is 2.83 bits per heavy atom. The second-order valence-corrected chi connectivity index (χ2v) is 10.9. The van der Waals surface area contributed by atoms with Gasteiger partial charge in [0.1, 0.15) is 5.56 Å². The molecule has 1 aromatic carbocycles. The van der Waals surface area contributed by atoms with Crippen LogP contribution in [0.2, 0.25) is 0 Å². The molecule has 7 rings (SSSR count). The van der Waals surface area contributed by atoms with E-state index in [1.165, 1.54) is 16.0 Å². The molecule has 1 spiro atoms. The largest absolute Gasteiger partial charge is 0.342 e. The van der Waals surface area contributed by atoms with Crippen LogP contribution in [-0.4, -0.2) is 49.8 Å². The summed E-state index contributed by atoms with van der Waals surface area (Å²) in [5.41, 5.74) is 13.8. The zero-order valence-corrected chi connectivity index (χ0v) is 20.2. The van der Waals surface area contributed by atoms with Gasteiger partial charge in [-0.05, 0) is 35.8 Å². The van der Waals surface area contributed by atoms with Gasteiger partial charge in [-0.1, -0.05) is 24.3 Å². The summed E-state index contributed by atoms with van der Waals surface area (Å²) in [7, 11) is 0. The third kappa shape index (κ3) is 3.21. The van der Waals surface area contributed by atoms with Crippen molar-refractivity contribution in [2.24, 2.45) is 11.1 Å². The molecule has 1 amide bonds. The topological polar surface area (TPSA) is 92.6 Å². The van der Waals surface area contributed by atoms with Gasteiger partial charge in [0.15, 0.2) is 5.65 Å². The molecule has 178 valence electrons. The number of carbonyl (C=O) groups is 1. The van der Waals surface area contributed by atoms with Gasteiger partial charge in [-0.2, -0.15) is 0 Å². The molecule has 3 aromatic heterocycles. The van der Waals surface area contributed by atoms with Gasteiger partial charge in [0.25, 0.3) is 5.91 Å². The summed E-state index contributed by atoms with van der Waals surface area (Å²) < 4.78 is 1.97. The van der Waals surface area contributed by atoms with Crippen molar-refractivity contribution in [3.05, 3.63) is 75.6 Å². The highest BCUT2D eigenvalue weighted by atomic mass is 32.1. The van der Waals surface area contributed by atoms with Crippen LogP contribution >= 0.6 is 11.3 Å². The molecule has 5 heterocycles. The molecule has 1 aliphatic carbocycles. The maximum atomic E-state index is 13.4. The van der Waals surface area contributed by atoms with E-state index >= 15 is 0 Å². The van der Waals surface area contributed by atoms with E-state index in [0.29, 0.717) is 24.3 Å². The Kier molecular flexibility index (Phi) is 4.72. The van der Waals surface area contributed by atoms with Crippen LogP contribution in [0.25, 0.3) is 5.65 Å². The van der Waals surface area contributed by atoms with Crippen molar-refractivity contribution < 1.29 is 4.79 Å².